The highest BCUT2D eigenvalue weighted by molar-refractivity contribution is 4.65. The molecule has 36 valence electrons. The predicted octanol–water partition coefficient (Wildman–Crippen LogP) is 0.541. The van der Waals surface area contributed by atoms with Crippen molar-refractivity contribution in [2.24, 2.45) is 0 Å². The van der Waals surface area contributed by atoms with Crippen LogP contribution in [0.4, 0.5) is 0 Å². The van der Waals surface area contributed by atoms with Gasteiger partial charge in [0.15, 0.2) is 0 Å². The average Bonchev–Trinajstić information content (AvgIpc) is 1.61. The first-order chi connectivity index (χ1) is 2.91. The van der Waals surface area contributed by atoms with Crippen molar-refractivity contribution >= 4 is 0 Å². The van der Waals surface area contributed by atoms with E-state index in [0.717, 1.165) is 6.42 Å². The van der Waals surface area contributed by atoms with Crippen molar-refractivity contribution in [3.63, 3.8) is 0 Å². The van der Waals surface area contributed by atoms with E-state index in [4.69, 9.17) is 5.21 Å². The molecule has 0 aliphatic carbocycles. The standard InChI is InChI=1S/C4H9NO/c1-2-3-4-5-6/h2,5-6H,1,3-4H2. The van der Waals surface area contributed by atoms with Gasteiger partial charge in [-0.25, -0.2) is 5.48 Å². The topological polar surface area (TPSA) is 32.3 Å². The third-order valence-corrected chi connectivity index (χ3v) is 0.460. The highest BCUT2D eigenvalue weighted by Crippen LogP contribution is 1.70. The minimum Gasteiger partial charge on any atom is -0.317 e. The Balaban J connectivity index is 2.49. The van der Waals surface area contributed by atoms with Gasteiger partial charge in [0.1, 0.15) is 0 Å². The fraction of sp³-hybridized carbons (Fsp3) is 0.500. The van der Waals surface area contributed by atoms with Crippen LogP contribution < -0.4 is 5.48 Å². The lowest BCUT2D eigenvalue weighted by Gasteiger charge is -1.85. The summed E-state index contributed by atoms with van der Waals surface area (Å²) in [4.78, 5) is 0. The van der Waals surface area contributed by atoms with Crippen LogP contribution in [0.1, 0.15) is 6.42 Å². The first-order valence-electron chi connectivity index (χ1n) is 1.89. The first kappa shape index (κ1) is 5.66. The molecule has 0 fully saturated rings. The Hall–Kier alpha value is -0.340. The average molecular weight is 87.1 g/mol. The summed E-state index contributed by atoms with van der Waals surface area (Å²) in [6.07, 6.45) is 2.56. The van der Waals surface area contributed by atoms with Crippen molar-refractivity contribution in [1.82, 2.24) is 5.48 Å². The van der Waals surface area contributed by atoms with Crippen molar-refractivity contribution in [3.8, 4) is 0 Å². The van der Waals surface area contributed by atoms with Gasteiger partial charge in [-0.05, 0) is 6.42 Å². The van der Waals surface area contributed by atoms with Crippen LogP contribution in [0.25, 0.3) is 0 Å². The monoisotopic (exact) mass is 87.1 g/mol. The van der Waals surface area contributed by atoms with Gasteiger partial charge >= 0.3 is 0 Å². The number of hydrogen-bond acceptors (Lipinski definition) is 2. The summed E-state index contributed by atoms with van der Waals surface area (Å²) in [6.45, 7) is 4.05. The van der Waals surface area contributed by atoms with Crippen LogP contribution in [0.2, 0.25) is 0 Å². The normalized spacial score (nSPS) is 8.17. The van der Waals surface area contributed by atoms with Crippen LogP contribution in [0.15, 0.2) is 12.7 Å². The molecular formula is C4H9NO. The lowest BCUT2D eigenvalue weighted by atomic mass is 10.4. The van der Waals surface area contributed by atoms with E-state index in [2.05, 4.69) is 6.58 Å². The van der Waals surface area contributed by atoms with Gasteiger partial charge in [-0.3, -0.25) is 0 Å². The van der Waals surface area contributed by atoms with E-state index in [9.17, 15) is 0 Å². The molecule has 2 N–H and O–H groups in total. The van der Waals surface area contributed by atoms with Gasteiger partial charge in [-0.2, -0.15) is 0 Å². The van der Waals surface area contributed by atoms with E-state index in [1.165, 1.54) is 0 Å². The van der Waals surface area contributed by atoms with Gasteiger partial charge < -0.3 is 5.21 Å². The zero-order valence-electron chi connectivity index (χ0n) is 3.65. The molecule has 0 aromatic carbocycles. The number of nitrogens with one attached hydrogen (secondary N) is 1. The maximum Gasteiger partial charge on any atom is 0.0241 e. The molecule has 2 nitrogen and oxygen atoms in total. The summed E-state index contributed by atoms with van der Waals surface area (Å²) in [6, 6.07) is 0. The molecule has 0 atom stereocenters. The van der Waals surface area contributed by atoms with Gasteiger partial charge in [0.05, 0.1) is 0 Å². The van der Waals surface area contributed by atoms with Crippen molar-refractivity contribution in [2.45, 2.75) is 6.42 Å². The smallest absolute Gasteiger partial charge is 0.0241 e. The minimum absolute atomic E-state index is 0.601. The predicted molar refractivity (Wildman–Crippen MR) is 24.6 cm³/mol. The first-order valence-corrected chi connectivity index (χ1v) is 1.89. The lowest BCUT2D eigenvalue weighted by Crippen LogP contribution is -2.06. The van der Waals surface area contributed by atoms with E-state index in [-0.39, 0.29) is 0 Å². The second kappa shape index (κ2) is 4.66. The zero-order chi connectivity index (χ0) is 4.83. The summed E-state index contributed by atoms with van der Waals surface area (Å²) in [5.74, 6) is 0. The van der Waals surface area contributed by atoms with Crippen LogP contribution in [0.3, 0.4) is 0 Å². The Kier molecular flexibility index (Phi) is 4.40. The molecule has 0 bridgehead atoms. The molecular weight excluding hydrogens is 78.0 g/mol. The van der Waals surface area contributed by atoms with Crippen LogP contribution in [0.5, 0.6) is 0 Å². The van der Waals surface area contributed by atoms with Crippen LogP contribution >= 0.6 is 0 Å². The highest BCUT2D eigenvalue weighted by Gasteiger charge is 1.69. The van der Waals surface area contributed by atoms with E-state index in [0.29, 0.717) is 6.54 Å². The second-order valence-corrected chi connectivity index (χ2v) is 0.985. The van der Waals surface area contributed by atoms with Crippen LogP contribution in [0, 0.1) is 0 Å². The molecule has 6 heavy (non-hydrogen) atoms. The fourth-order valence-corrected chi connectivity index (χ4v) is 0.167. The minimum atomic E-state index is 0.601. The van der Waals surface area contributed by atoms with E-state index >= 15 is 0 Å². The Labute approximate surface area is 37.4 Å². The van der Waals surface area contributed by atoms with Gasteiger partial charge in [0.25, 0.3) is 0 Å². The molecule has 0 heterocycles. The molecule has 0 aliphatic heterocycles. The Morgan fingerprint density at radius 2 is 2.50 bits per heavy atom. The summed E-state index contributed by atoms with van der Waals surface area (Å²) < 4.78 is 0. The Bertz CT molecular complexity index is 36.5. The SMILES string of the molecule is C=CCCNO. The van der Waals surface area contributed by atoms with E-state index < -0.39 is 0 Å². The molecule has 0 saturated carbocycles. The Morgan fingerprint density at radius 1 is 1.83 bits per heavy atom. The third kappa shape index (κ3) is 3.66. The summed E-state index contributed by atoms with van der Waals surface area (Å²) in [5, 5.41) is 7.90. The summed E-state index contributed by atoms with van der Waals surface area (Å²) in [7, 11) is 0. The lowest BCUT2D eigenvalue weighted by molar-refractivity contribution is 0.169. The largest absolute Gasteiger partial charge is 0.317 e. The van der Waals surface area contributed by atoms with Crippen molar-refractivity contribution in [1.29, 1.82) is 0 Å². The maximum absolute atomic E-state index is 7.90. The van der Waals surface area contributed by atoms with E-state index in [1.54, 1.807) is 6.08 Å². The molecule has 0 saturated heterocycles. The molecule has 0 unspecified atom stereocenters. The molecule has 0 aromatic rings. The fourth-order valence-electron chi connectivity index (χ4n) is 0.167. The van der Waals surface area contributed by atoms with Crippen LogP contribution in [-0.4, -0.2) is 11.8 Å². The summed E-state index contributed by atoms with van der Waals surface area (Å²) in [5.41, 5.74) is 2.00. The van der Waals surface area contributed by atoms with Gasteiger partial charge in [0.2, 0.25) is 0 Å². The van der Waals surface area contributed by atoms with Crippen molar-refractivity contribution in [2.75, 3.05) is 6.54 Å². The molecule has 0 radical (unpaired) electrons. The zero-order valence-corrected chi connectivity index (χ0v) is 3.65. The number of rotatable bonds is 3. The molecule has 0 spiro atoms. The van der Waals surface area contributed by atoms with E-state index in [1.807, 2.05) is 5.48 Å². The quantitative estimate of drug-likeness (QED) is 0.299. The second-order valence-electron chi connectivity index (χ2n) is 0.985. The maximum atomic E-state index is 7.90. The van der Waals surface area contributed by atoms with Gasteiger partial charge in [-0.15, -0.1) is 6.58 Å². The molecule has 0 aliphatic rings. The number of hydroxylamine groups is 1. The molecule has 0 aromatic heterocycles. The van der Waals surface area contributed by atoms with Crippen molar-refractivity contribution < 1.29 is 5.21 Å². The Morgan fingerprint density at radius 3 is 2.67 bits per heavy atom. The third-order valence-electron chi connectivity index (χ3n) is 0.460. The van der Waals surface area contributed by atoms with Crippen molar-refractivity contribution in [3.05, 3.63) is 12.7 Å². The van der Waals surface area contributed by atoms with Gasteiger partial charge in [-0.1, -0.05) is 6.08 Å². The van der Waals surface area contributed by atoms with Gasteiger partial charge in [0, 0.05) is 6.54 Å². The molecule has 0 amide bonds. The van der Waals surface area contributed by atoms with Crippen LogP contribution in [-0.2, 0) is 0 Å². The highest BCUT2D eigenvalue weighted by atomic mass is 16.5. The number of hydrogen-bond donors (Lipinski definition) is 2. The summed E-state index contributed by atoms with van der Waals surface area (Å²) >= 11 is 0. The molecule has 0 rings (SSSR count). The molecule has 2 heteroatoms.